The van der Waals surface area contributed by atoms with Gasteiger partial charge in [-0.2, -0.15) is 0 Å². The Balaban J connectivity index is 1.43. The van der Waals surface area contributed by atoms with E-state index >= 15 is 0 Å². The van der Waals surface area contributed by atoms with Gasteiger partial charge in [0.25, 0.3) is 5.88 Å². The minimum atomic E-state index is -1.57. The van der Waals surface area contributed by atoms with Gasteiger partial charge in [-0.25, -0.2) is 4.98 Å². The van der Waals surface area contributed by atoms with Gasteiger partial charge in [0.05, 0.1) is 23.6 Å². The van der Waals surface area contributed by atoms with Crippen molar-refractivity contribution in [2.45, 2.75) is 27.4 Å². The minimum absolute atomic E-state index is 0.219. The zero-order valence-corrected chi connectivity index (χ0v) is 20.8. The van der Waals surface area contributed by atoms with Gasteiger partial charge in [-0.05, 0) is 67.8 Å². The largest absolute Gasteiger partial charge is 0.568 e. The van der Waals surface area contributed by atoms with E-state index in [0.717, 1.165) is 33.5 Å². The molecule has 182 valence electrons. The van der Waals surface area contributed by atoms with Crippen molar-refractivity contribution >= 4 is 10.9 Å². The third kappa shape index (κ3) is 6.16. The Kier molecular flexibility index (Phi) is 7.97. The predicted octanol–water partition coefficient (Wildman–Crippen LogP) is 5.85. The first-order chi connectivity index (χ1) is 16.9. The normalized spacial score (nSPS) is 11.5. The highest BCUT2D eigenvalue weighted by Crippen LogP contribution is 2.34. The SMILES string of the molecule is CCOCCOc1cc(C)c(-c2cccc(COc3ccc(-c4cc(O)n[s+]4[O-])cc3)c2)c(C)n1. The van der Waals surface area contributed by atoms with Gasteiger partial charge in [-0.3, -0.25) is 0 Å². The van der Waals surface area contributed by atoms with Gasteiger partial charge in [-0.1, -0.05) is 18.2 Å². The van der Waals surface area contributed by atoms with Crippen molar-refractivity contribution in [1.82, 2.24) is 9.36 Å². The second kappa shape index (κ2) is 11.3. The lowest BCUT2D eigenvalue weighted by atomic mass is 9.98. The first-order valence-electron chi connectivity index (χ1n) is 11.4. The molecule has 4 aromatic rings. The maximum absolute atomic E-state index is 11.9. The number of pyridine rings is 1. The number of nitrogens with zero attached hydrogens (tertiary/aromatic N) is 2. The molecule has 2 aromatic carbocycles. The molecule has 8 heteroatoms. The number of hydrogen-bond donors (Lipinski definition) is 1. The predicted molar refractivity (Wildman–Crippen MR) is 135 cm³/mol. The summed E-state index contributed by atoms with van der Waals surface area (Å²) in [6.07, 6.45) is 0. The van der Waals surface area contributed by atoms with Gasteiger partial charge < -0.3 is 23.9 Å². The van der Waals surface area contributed by atoms with Crippen molar-refractivity contribution in [3.63, 3.8) is 0 Å². The molecule has 0 saturated carbocycles. The molecule has 1 unspecified atom stereocenters. The van der Waals surface area contributed by atoms with Crippen LogP contribution in [0.4, 0.5) is 0 Å². The maximum atomic E-state index is 11.9. The molecule has 7 nitrogen and oxygen atoms in total. The van der Waals surface area contributed by atoms with Gasteiger partial charge >= 0.3 is 0 Å². The Bertz CT molecular complexity index is 1260. The summed E-state index contributed by atoms with van der Waals surface area (Å²) in [5, 5.41) is 9.44. The van der Waals surface area contributed by atoms with E-state index in [-0.39, 0.29) is 5.88 Å². The Morgan fingerprint density at radius 1 is 0.943 bits per heavy atom. The smallest absolute Gasteiger partial charge is 0.270 e. The summed E-state index contributed by atoms with van der Waals surface area (Å²) in [5.74, 6) is 1.07. The third-order valence-corrected chi connectivity index (χ3v) is 6.52. The number of hydrogen-bond acceptors (Lipinski definition) is 7. The highest BCUT2D eigenvalue weighted by atomic mass is 32.2. The van der Waals surface area contributed by atoms with Crippen LogP contribution in [0, 0.1) is 13.8 Å². The Morgan fingerprint density at radius 2 is 1.74 bits per heavy atom. The molecule has 0 aliphatic rings. The third-order valence-electron chi connectivity index (χ3n) is 5.44. The second-order valence-electron chi connectivity index (χ2n) is 8.00. The van der Waals surface area contributed by atoms with Crippen molar-refractivity contribution in [3.8, 4) is 39.1 Å². The summed E-state index contributed by atoms with van der Waals surface area (Å²) in [5.41, 5.74) is 5.90. The van der Waals surface area contributed by atoms with Crippen LogP contribution in [0.25, 0.3) is 21.6 Å². The molecule has 2 heterocycles. The number of aromatic nitrogens is 2. The molecule has 0 aliphatic carbocycles. The van der Waals surface area contributed by atoms with Crippen molar-refractivity contribution in [3.05, 3.63) is 77.5 Å². The van der Waals surface area contributed by atoms with E-state index in [1.54, 1.807) is 12.1 Å². The number of aryl methyl sites for hydroxylation is 2. The molecule has 4 rings (SSSR count). The molecule has 1 atom stereocenters. The lowest BCUT2D eigenvalue weighted by molar-refractivity contribution is 0.108. The summed E-state index contributed by atoms with van der Waals surface area (Å²) in [7, 11) is -1.57. The average Bonchev–Trinajstić information content (AvgIpc) is 3.18. The molecule has 0 spiro atoms. The first-order valence-corrected chi connectivity index (χ1v) is 12.5. The highest BCUT2D eigenvalue weighted by Gasteiger charge is 2.15. The molecular weight excluding hydrogens is 464 g/mol. The van der Waals surface area contributed by atoms with E-state index in [4.69, 9.17) is 14.2 Å². The molecule has 35 heavy (non-hydrogen) atoms. The molecule has 1 N–H and O–H groups in total. The van der Waals surface area contributed by atoms with Crippen molar-refractivity contribution in [2.75, 3.05) is 19.8 Å². The topological polar surface area (TPSA) is 96.8 Å². The van der Waals surface area contributed by atoms with Crippen molar-refractivity contribution in [2.24, 2.45) is 0 Å². The van der Waals surface area contributed by atoms with Crippen LogP contribution in [0.5, 0.6) is 17.5 Å². The van der Waals surface area contributed by atoms with Gasteiger partial charge in [0.1, 0.15) is 19.0 Å². The van der Waals surface area contributed by atoms with E-state index in [1.165, 1.54) is 6.07 Å². The molecular formula is C27H28N2O5S. The minimum Gasteiger partial charge on any atom is -0.568 e. The van der Waals surface area contributed by atoms with Gasteiger partial charge in [-0.15, -0.1) is 0 Å². The molecule has 0 saturated heterocycles. The monoisotopic (exact) mass is 492 g/mol. The van der Waals surface area contributed by atoms with Gasteiger partial charge in [0.2, 0.25) is 10.8 Å². The molecule has 0 amide bonds. The molecule has 2 aromatic heterocycles. The van der Waals surface area contributed by atoms with Crippen LogP contribution in [-0.2, 0) is 11.3 Å². The fraction of sp³-hybridized carbons (Fsp3) is 0.259. The summed E-state index contributed by atoms with van der Waals surface area (Å²) >= 11 is 0. The zero-order valence-electron chi connectivity index (χ0n) is 20.0. The van der Waals surface area contributed by atoms with E-state index < -0.39 is 10.9 Å². The lowest BCUT2D eigenvalue weighted by Gasteiger charge is -2.14. The standard InChI is InChI=1S/C27H28N2O5S/c1-4-32-12-13-33-26-14-18(2)27(19(3)28-26)22-7-5-6-20(15-22)17-34-23-10-8-21(9-11-23)24-16-25(30)29-35(24)31/h5-11,14-16H,4,12-13,17H2,1-3H3,(H,29,30). The first kappa shape index (κ1) is 24.7. The summed E-state index contributed by atoms with van der Waals surface area (Å²) in [6.45, 7) is 8.08. The van der Waals surface area contributed by atoms with Crippen LogP contribution in [0.3, 0.4) is 0 Å². The Morgan fingerprint density at radius 3 is 2.43 bits per heavy atom. The summed E-state index contributed by atoms with van der Waals surface area (Å²) < 4.78 is 32.6. The fourth-order valence-electron chi connectivity index (χ4n) is 3.87. The van der Waals surface area contributed by atoms with Crippen LogP contribution in [0.1, 0.15) is 23.7 Å². The van der Waals surface area contributed by atoms with Crippen molar-refractivity contribution in [1.29, 1.82) is 0 Å². The number of benzene rings is 2. The quantitative estimate of drug-likeness (QED) is 0.219. The van der Waals surface area contributed by atoms with E-state index in [2.05, 4.69) is 28.4 Å². The highest BCUT2D eigenvalue weighted by molar-refractivity contribution is 7.23. The molecule has 0 radical (unpaired) electrons. The van der Waals surface area contributed by atoms with Crippen LogP contribution >= 0.6 is 10.9 Å². The van der Waals surface area contributed by atoms with Crippen molar-refractivity contribution < 1.29 is 23.9 Å². The Hall–Kier alpha value is -3.46. The number of rotatable bonds is 10. The van der Waals surface area contributed by atoms with E-state index in [0.29, 0.717) is 42.9 Å². The number of ether oxygens (including phenoxy) is 3. The maximum Gasteiger partial charge on any atom is 0.270 e. The molecule has 0 bridgehead atoms. The van der Waals surface area contributed by atoms with E-state index in [1.807, 2.05) is 44.2 Å². The zero-order chi connectivity index (χ0) is 24.8. The second-order valence-corrected chi connectivity index (χ2v) is 9.12. The summed E-state index contributed by atoms with van der Waals surface area (Å²) in [4.78, 5) is 5.10. The van der Waals surface area contributed by atoms with Gasteiger partial charge in [0, 0.05) is 33.9 Å². The van der Waals surface area contributed by atoms with Gasteiger partial charge in [0.15, 0.2) is 0 Å². The molecule has 0 fully saturated rings. The average molecular weight is 493 g/mol. The van der Waals surface area contributed by atoms with Crippen LogP contribution in [0.2, 0.25) is 0 Å². The van der Waals surface area contributed by atoms with E-state index in [9.17, 15) is 9.66 Å². The Labute approximate surface area is 207 Å². The lowest BCUT2D eigenvalue weighted by Crippen LogP contribution is -2.08. The van der Waals surface area contributed by atoms with Crippen LogP contribution in [-0.4, -0.2) is 38.8 Å². The van der Waals surface area contributed by atoms with Crippen LogP contribution in [0.15, 0.2) is 60.7 Å². The van der Waals surface area contributed by atoms with Crippen LogP contribution < -0.4 is 9.47 Å². The number of aromatic hydroxyl groups is 1. The fourth-order valence-corrected chi connectivity index (χ4v) is 4.73. The summed E-state index contributed by atoms with van der Waals surface area (Å²) in [6, 6.07) is 18.8. The molecule has 0 aliphatic heterocycles.